The smallest absolute Gasteiger partial charge is 0.497 e. The van der Waals surface area contributed by atoms with Gasteiger partial charge in [0.05, 0.1) is 7.11 Å². The lowest BCUT2D eigenvalue weighted by Crippen LogP contribution is -2.28. The molecule has 3 aliphatic rings. The first kappa shape index (κ1) is 28.0. The number of hydrogen-bond acceptors (Lipinski definition) is 4. The molecule has 5 heteroatoms. The predicted molar refractivity (Wildman–Crippen MR) is 176 cm³/mol. The lowest BCUT2D eigenvalue weighted by molar-refractivity contribution is 0.327. The zero-order valence-electron chi connectivity index (χ0n) is 26.1. The quantitative estimate of drug-likeness (QED) is 0.171. The zero-order chi connectivity index (χ0) is 30.1. The fourth-order valence-corrected chi connectivity index (χ4v) is 8.89. The van der Waals surface area contributed by atoms with Crippen LogP contribution in [0.15, 0.2) is 72.8 Å². The number of benzene rings is 4. The summed E-state index contributed by atoms with van der Waals surface area (Å²) in [6.45, 7) is 13.8. The standard InChI is InChI=1S/C38H39O4P/c1-24-18-29-34-32(20-24)41-43(40-31-11-9-8-10-27(31)15-12-26-13-16-28(39-7)17-14-26)42-33-21-25(2)19-30-35(33)38(34,22-36(29,3)4)23-37(30,5)6/h8-21H,22-23H2,1-7H3/b15-12+. The van der Waals surface area contributed by atoms with E-state index in [1.807, 2.05) is 42.5 Å². The highest BCUT2D eigenvalue weighted by Crippen LogP contribution is 2.68. The molecule has 1 spiro atoms. The summed E-state index contributed by atoms with van der Waals surface area (Å²) in [5, 5.41) is 0. The van der Waals surface area contributed by atoms with Gasteiger partial charge in [-0.05, 0) is 95.7 Å². The largest absolute Gasteiger partial charge is 0.530 e. The highest BCUT2D eigenvalue weighted by molar-refractivity contribution is 7.43. The third-order valence-electron chi connectivity index (χ3n) is 9.40. The van der Waals surface area contributed by atoms with Crippen LogP contribution in [0.1, 0.15) is 85.0 Å². The topological polar surface area (TPSA) is 36.9 Å². The van der Waals surface area contributed by atoms with E-state index in [1.165, 1.54) is 33.4 Å². The minimum atomic E-state index is -1.80. The van der Waals surface area contributed by atoms with E-state index in [2.05, 4.69) is 84.0 Å². The second-order valence-electron chi connectivity index (χ2n) is 13.7. The van der Waals surface area contributed by atoms with E-state index < -0.39 is 8.60 Å². The van der Waals surface area contributed by atoms with Crippen LogP contribution in [-0.4, -0.2) is 7.11 Å². The maximum Gasteiger partial charge on any atom is 0.530 e. The van der Waals surface area contributed by atoms with Crippen LogP contribution >= 0.6 is 8.60 Å². The first-order chi connectivity index (χ1) is 20.5. The van der Waals surface area contributed by atoms with Crippen LogP contribution in [0.25, 0.3) is 12.2 Å². The van der Waals surface area contributed by atoms with Crippen LogP contribution < -0.4 is 18.3 Å². The minimum Gasteiger partial charge on any atom is -0.497 e. The van der Waals surface area contributed by atoms with E-state index in [4.69, 9.17) is 18.3 Å². The first-order valence-corrected chi connectivity index (χ1v) is 16.2. The molecule has 0 fully saturated rings. The fraction of sp³-hybridized carbons (Fsp3) is 0.316. The molecule has 4 nitrogen and oxygen atoms in total. The predicted octanol–water partition coefficient (Wildman–Crippen LogP) is 10.2. The van der Waals surface area contributed by atoms with Gasteiger partial charge in [-0.1, -0.05) is 82.3 Å². The fourth-order valence-electron chi connectivity index (χ4n) is 7.84. The molecule has 0 unspecified atom stereocenters. The molecule has 1 aliphatic heterocycles. The summed E-state index contributed by atoms with van der Waals surface area (Å²) in [6, 6.07) is 25.2. The van der Waals surface area contributed by atoms with Gasteiger partial charge in [0.25, 0.3) is 0 Å². The van der Waals surface area contributed by atoms with Crippen molar-refractivity contribution in [3.63, 3.8) is 0 Å². The molecule has 0 atom stereocenters. The Morgan fingerprint density at radius 1 is 0.721 bits per heavy atom. The summed E-state index contributed by atoms with van der Waals surface area (Å²) < 4.78 is 25.7. The Morgan fingerprint density at radius 3 is 1.84 bits per heavy atom. The lowest BCUT2D eigenvalue weighted by Gasteiger charge is -2.34. The van der Waals surface area contributed by atoms with Crippen molar-refractivity contribution in [1.82, 2.24) is 0 Å². The van der Waals surface area contributed by atoms with Gasteiger partial charge in [-0.15, -0.1) is 0 Å². The van der Waals surface area contributed by atoms with E-state index in [9.17, 15) is 0 Å². The number of hydrogen-bond donors (Lipinski definition) is 0. The van der Waals surface area contributed by atoms with Gasteiger partial charge in [-0.3, -0.25) is 0 Å². The van der Waals surface area contributed by atoms with Crippen molar-refractivity contribution >= 4 is 20.8 Å². The monoisotopic (exact) mass is 590 g/mol. The maximum atomic E-state index is 6.85. The van der Waals surface area contributed by atoms with E-state index in [0.717, 1.165) is 47.0 Å². The van der Waals surface area contributed by atoms with Gasteiger partial charge in [-0.2, -0.15) is 0 Å². The van der Waals surface area contributed by atoms with Crippen molar-refractivity contribution in [3.8, 4) is 23.0 Å². The molecule has 43 heavy (non-hydrogen) atoms. The Kier molecular flexibility index (Phi) is 6.45. The second kappa shape index (κ2) is 9.89. The normalized spacial score (nSPS) is 18.7. The summed E-state index contributed by atoms with van der Waals surface area (Å²) >= 11 is 0. The average Bonchev–Trinajstić information content (AvgIpc) is 3.30. The van der Waals surface area contributed by atoms with Crippen molar-refractivity contribution < 1.29 is 18.3 Å². The molecule has 0 aromatic heterocycles. The van der Waals surface area contributed by atoms with Gasteiger partial charge in [-0.25, -0.2) is 0 Å². The molecule has 0 saturated carbocycles. The van der Waals surface area contributed by atoms with Crippen molar-refractivity contribution in [2.24, 2.45) is 0 Å². The maximum absolute atomic E-state index is 6.85. The van der Waals surface area contributed by atoms with Gasteiger partial charge >= 0.3 is 8.60 Å². The number of methoxy groups -OCH3 is 1. The molecule has 4 aromatic carbocycles. The molecule has 7 rings (SSSR count). The summed E-state index contributed by atoms with van der Waals surface area (Å²) in [4.78, 5) is 0. The number of aryl methyl sites for hydroxylation is 2. The number of para-hydroxylation sites is 1. The Balaban J connectivity index is 1.33. The summed E-state index contributed by atoms with van der Waals surface area (Å²) in [6.07, 6.45) is 6.21. The Hall–Kier alpha value is -3.75. The van der Waals surface area contributed by atoms with E-state index in [0.29, 0.717) is 0 Å². The molecule has 0 bridgehead atoms. The third kappa shape index (κ3) is 4.62. The molecule has 0 radical (unpaired) electrons. The molecule has 0 saturated heterocycles. The van der Waals surface area contributed by atoms with E-state index >= 15 is 0 Å². The van der Waals surface area contributed by atoms with Gasteiger partial charge in [0.15, 0.2) is 0 Å². The molecular weight excluding hydrogens is 551 g/mol. The van der Waals surface area contributed by atoms with Crippen LogP contribution in [0.2, 0.25) is 0 Å². The minimum absolute atomic E-state index is 0.00606. The molecule has 0 amide bonds. The lowest BCUT2D eigenvalue weighted by atomic mass is 9.72. The molecule has 2 aliphatic carbocycles. The molecular formula is C38H39O4P. The van der Waals surface area contributed by atoms with Gasteiger partial charge in [0.1, 0.15) is 23.0 Å². The first-order valence-electron chi connectivity index (χ1n) is 15.1. The second-order valence-corrected chi connectivity index (χ2v) is 14.7. The van der Waals surface area contributed by atoms with Crippen molar-refractivity contribution in [1.29, 1.82) is 0 Å². The van der Waals surface area contributed by atoms with Crippen LogP contribution in [-0.2, 0) is 16.2 Å². The molecule has 4 aromatic rings. The van der Waals surface area contributed by atoms with E-state index in [-0.39, 0.29) is 16.2 Å². The Morgan fingerprint density at radius 2 is 1.28 bits per heavy atom. The summed E-state index contributed by atoms with van der Waals surface area (Å²) in [5.41, 5.74) is 9.69. The van der Waals surface area contributed by atoms with Crippen molar-refractivity contribution in [2.45, 2.75) is 70.6 Å². The van der Waals surface area contributed by atoms with Gasteiger partial charge < -0.3 is 18.3 Å². The van der Waals surface area contributed by atoms with Gasteiger partial charge in [0.2, 0.25) is 0 Å². The van der Waals surface area contributed by atoms with Crippen LogP contribution in [0.3, 0.4) is 0 Å². The summed E-state index contributed by atoms with van der Waals surface area (Å²) in [7, 11) is -0.122. The number of rotatable bonds is 5. The van der Waals surface area contributed by atoms with Crippen molar-refractivity contribution in [3.05, 3.63) is 117 Å². The summed E-state index contributed by atoms with van der Waals surface area (Å²) in [5.74, 6) is 3.35. The van der Waals surface area contributed by atoms with Crippen molar-refractivity contribution in [2.75, 3.05) is 7.11 Å². The van der Waals surface area contributed by atoms with Crippen LogP contribution in [0.5, 0.6) is 23.0 Å². The van der Waals surface area contributed by atoms with Crippen LogP contribution in [0, 0.1) is 13.8 Å². The molecule has 1 heterocycles. The third-order valence-corrected chi connectivity index (χ3v) is 10.4. The van der Waals surface area contributed by atoms with Gasteiger partial charge in [0, 0.05) is 22.1 Å². The van der Waals surface area contributed by atoms with E-state index in [1.54, 1.807) is 7.11 Å². The Bertz CT molecular complexity index is 1690. The van der Waals surface area contributed by atoms with Crippen LogP contribution in [0.4, 0.5) is 0 Å². The SMILES string of the molecule is COc1ccc(/C=C/c2ccccc2OP2Oc3cc(C)cc4c3C3(CC4(C)C)CC(C)(C)c4cc(C)cc(c43)O2)cc1. The number of ether oxygens (including phenoxy) is 1. The molecule has 0 N–H and O–H groups in total. The zero-order valence-corrected chi connectivity index (χ0v) is 27.0. The molecule has 220 valence electrons. The Labute approximate surface area is 256 Å². The highest BCUT2D eigenvalue weighted by atomic mass is 31.2. The average molecular weight is 591 g/mol. The highest BCUT2D eigenvalue weighted by Gasteiger charge is 2.60.